The fourth-order valence-electron chi connectivity index (χ4n) is 0.268. The van der Waals surface area contributed by atoms with Crippen LogP contribution in [0.25, 0.3) is 0 Å². The van der Waals surface area contributed by atoms with Crippen molar-refractivity contribution in [2.45, 2.75) is 19.8 Å². The van der Waals surface area contributed by atoms with Gasteiger partial charge in [-0.3, -0.25) is 4.79 Å². The van der Waals surface area contributed by atoms with Crippen LogP contribution in [0.4, 0.5) is 0 Å². The Kier molecular flexibility index (Phi) is 10.8. The molecule has 0 aromatic rings. The SMILES string of the molecule is C[CH-]CCC(=O)O.[Y]. The van der Waals surface area contributed by atoms with Gasteiger partial charge in [-0.15, -0.1) is 0 Å². The summed E-state index contributed by atoms with van der Waals surface area (Å²) in [5.74, 6) is -0.724. The van der Waals surface area contributed by atoms with Gasteiger partial charge in [-0.1, -0.05) is 0 Å². The Hall–Kier alpha value is 0.574. The van der Waals surface area contributed by atoms with Gasteiger partial charge in [0.15, 0.2) is 0 Å². The summed E-state index contributed by atoms with van der Waals surface area (Å²) in [6.07, 6.45) is 2.78. The zero-order valence-electron chi connectivity index (χ0n) is 4.92. The molecule has 0 aliphatic rings. The molecule has 0 bridgehead atoms. The zero-order valence-corrected chi connectivity index (χ0v) is 7.76. The third kappa shape index (κ3) is 9.76. The van der Waals surface area contributed by atoms with E-state index in [1.54, 1.807) is 0 Å². The first-order valence-electron chi connectivity index (χ1n) is 2.27. The molecule has 0 aliphatic carbocycles. The van der Waals surface area contributed by atoms with Gasteiger partial charge in [0.2, 0.25) is 0 Å². The summed E-state index contributed by atoms with van der Waals surface area (Å²) < 4.78 is 0. The molecule has 0 aliphatic heterocycles. The van der Waals surface area contributed by atoms with Crippen molar-refractivity contribution in [2.24, 2.45) is 0 Å². The van der Waals surface area contributed by atoms with Gasteiger partial charge in [-0.05, 0) is 0 Å². The van der Waals surface area contributed by atoms with Crippen molar-refractivity contribution in [3.05, 3.63) is 6.42 Å². The van der Waals surface area contributed by atoms with E-state index < -0.39 is 5.97 Å². The molecule has 0 aromatic carbocycles. The van der Waals surface area contributed by atoms with Crippen LogP contribution < -0.4 is 0 Å². The summed E-state index contributed by atoms with van der Waals surface area (Å²) in [7, 11) is 0. The predicted octanol–water partition coefficient (Wildman–Crippen LogP) is 1.07. The Morgan fingerprint density at radius 1 is 1.75 bits per heavy atom. The van der Waals surface area contributed by atoms with Crippen molar-refractivity contribution in [1.82, 2.24) is 0 Å². The van der Waals surface area contributed by atoms with E-state index in [9.17, 15) is 4.79 Å². The van der Waals surface area contributed by atoms with E-state index in [1.807, 2.05) is 13.3 Å². The van der Waals surface area contributed by atoms with Gasteiger partial charge in [0.1, 0.15) is 0 Å². The third-order valence-electron chi connectivity index (χ3n) is 0.647. The van der Waals surface area contributed by atoms with Gasteiger partial charge in [-0.2, -0.15) is 13.3 Å². The van der Waals surface area contributed by atoms with Crippen LogP contribution in [0.1, 0.15) is 19.8 Å². The fraction of sp³-hybridized carbons (Fsp3) is 0.600. The molecule has 0 rings (SSSR count). The van der Waals surface area contributed by atoms with Gasteiger partial charge >= 0.3 is 5.97 Å². The number of carboxylic acids is 1. The molecule has 45 valence electrons. The molecule has 0 atom stereocenters. The number of aliphatic carboxylic acids is 1. The van der Waals surface area contributed by atoms with Crippen molar-refractivity contribution >= 4 is 5.97 Å². The van der Waals surface area contributed by atoms with Crippen LogP contribution in [0.3, 0.4) is 0 Å². The molecule has 0 saturated carbocycles. The average molecular weight is 190 g/mol. The molecule has 0 aromatic heterocycles. The smallest absolute Gasteiger partial charge is 0.300 e. The van der Waals surface area contributed by atoms with Crippen molar-refractivity contribution in [1.29, 1.82) is 0 Å². The number of carboxylic acid groups (broad SMARTS) is 1. The second-order valence-electron chi connectivity index (χ2n) is 1.34. The molecular weight excluding hydrogens is 181 g/mol. The van der Waals surface area contributed by atoms with Gasteiger partial charge in [0.05, 0.1) is 0 Å². The summed E-state index contributed by atoms with van der Waals surface area (Å²) in [5, 5.41) is 8.02. The summed E-state index contributed by atoms with van der Waals surface area (Å²) in [6, 6.07) is 0. The summed E-state index contributed by atoms with van der Waals surface area (Å²) in [4.78, 5) is 9.74. The standard InChI is InChI=1S/C5H9O2.Y/c1-2-3-4-5(6)7;/h2H,3-4H2,1H3,(H,6,7);/q-1;. The zero-order chi connectivity index (χ0) is 5.70. The van der Waals surface area contributed by atoms with Crippen molar-refractivity contribution in [3.8, 4) is 0 Å². The van der Waals surface area contributed by atoms with Crippen LogP contribution in [0.2, 0.25) is 0 Å². The molecule has 1 radical (unpaired) electrons. The van der Waals surface area contributed by atoms with Gasteiger partial charge < -0.3 is 11.5 Å². The maximum absolute atomic E-state index is 9.74. The maximum Gasteiger partial charge on any atom is 0.300 e. The Morgan fingerprint density at radius 2 is 2.25 bits per heavy atom. The van der Waals surface area contributed by atoms with Crippen molar-refractivity contribution < 1.29 is 42.6 Å². The molecule has 0 fully saturated rings. The Balaban J connectivity index is 0. The topological polar surface area (TPSA) is 37.3 Å². The average Bonchev–Trinajstić information content (AvgIpc) is 1.61. The maximum atomic E-state index is 9.74. The van der Waals surface area contributed by atoms with E-state index in [1.165, 1.54) is 0 Å². The summed E-state index contributed by atoms with van der Waals surface area (Å²) in [6.45, 7) is 1.85. The molecule has 0 heterocycles. The Bertz CT molecular complexity index is 63.4. The second-order valence-corrected chi connectivity index (χ2v) is 1.34. The van der Waals surface area contributed by atoms with Gasteiger partial charge in [0.25, 0.3) is 0 Å². The molecule has 0 amide bonds. The van der Waals surface area contributed by atoms with E-state index in [4.69, 9.17) is 5.11 Å². The largest absolute Gasteiger partial charge is 0.481 e. The van der Waals surface area contributed by atoms with Crippen LogP contribution in [0.5, 0.6) is 0 Å². The summed E-state index contributed by atoms with van der Waals surface area (Å²) >= 11 is 0. The van der Waals surface area contributed by atoms with Crippen LogP contribution >= 0.6 is 0 Å². The number of unbranched alkanes of at least 4 members (excludes halogenated alkanes) is 1. The molecule has 2 nitrogen and oxygen atoms in total. The van der Waals surface area contributed by atoms with E-state index >= 15 is 0 Å². The normalized spacial score (nSPS) is 7.62. The van der Waals surface area contributed by atoms with Crippen molar-refractivity contribution in [2.75, 3.05) is 0 Å². The molecule has 8 heavy (non-hydrogen) atoms. The first-order chi connectivity index (χ1) is 3.27. The molecule has 3 heteroatoms. The van der Waals surface area contributed by atoms with Gasteiger partial charge in [0, 0.05) is 39.1 Å². The van der Waals surface area contributed by atoms with Gasteiger partial charge in [-0.25, -0.2) is 0 Å². The molecule has 0 spiro atoms. The first-order valence-corrected chi connectivity index (χ1v) is 2.27. The number of hydrogen-bond donors (Lipinski definition) is 1. The predicted molar refractivity (Wildman–Crippen MR) is 26.8 cm³/mol. The number of hydrogen-bond acceptors (Lipinski definition) is 1. The van der Waals surface area contributed by atoms with E-state index in [2.05, 4.69) is 0 Å². The minimum Gasteiger partial charge on any atom is -0.481 e. The minimum atomic E-state index is -0.724. The van der Waals surface area contributed by atoms with E-state index in [-0.39, 0.29) is 39.1 Å². The number of carbonyl (C=O) groups is 1. The Labute approximate surface area is 74.5 Å². The minimum absolute atomic E-state index is 0. The third-order valence-corrected chi connectivity index (χ3v) is 0.647. The molecule has 1 N–H and O–H groups in total. The monoisotopic (exact) mass is 190 g/mol. The second kappa shape index (κ2) is 7.57. The summed E-state index contributed by atoms with van der Waals surface area (Å²) in [5.41, 5.74) is 0. The number of rotatable bonds is 3. The molecule has 0 saturated heterocycles. The van der Waals surface area contributed by atoms with Crippen molar-refractivity contribution in [3.63, 3.8) is 0 Å². The quantitative estimate of drug-likeness (QED) is 0.676. The van der Waals surface area contributed by atoms with E-state index in [0.717, 1.165) is 0 Å². The Morgan fingerprint density at radius 3 is 2.38 bits per heavy atom. The van der Waals surface area contributed by atoms with Crippen LogP contribution in [0.15, 0.2) is 0 Å². The molecule has 0 unspecified atom stereocenters. The van der Waals surface area contributed by atoms with Crippen LogP contribution in [-0.4, -0.2) is 11.1 Å². The molecular formula is C5H9O2Y-. The fourth-order valence-corrected chi connectivity index (χ4v) is 0.268. The van der Waals surface area contributed by atoms with E-state index in [0.29, 0.717) is 6.42 Å². The van der Waals surface area contributed by atoms with Crippen LogP contribution in [-0.2, 0) is 37.5 Å². The van der Waals surface area contributed by atoms with Crippen LogP contribution in [0, 0.1) is 6.42 Å². The first kappa shape index (κ1) is 11.4.